The second-order valence-corrected chi connectivity index (χ2v) is 7.52. The molecule has 1 aromatic heterocycles. The van der Waals surface area contributed by atoms with Gasteiger partial charge in [0.2, 0.25) is 10.9 Å². The number of thioether (sulfide) groups is 1. The fraction of sp³-hybridized carbons (Fsp3) is 0.583. The molecule has 1 aliphatic rings. The summed E-state index contributed by atoms with van der Waals surface area (Å²) in [6, 6.07) is 2.21. The molecule has 0 amide bonds. The summed E-state index contributed by atoms with van der Waals surface area (Å²) in [5.41, 5.74) is 0. The van der Waals surface area contributed by atoms with Gasteiger partial charge in [0.05, 0.1) is 6.61 Å². The molecule has 21 heavy (non-hydrogen) atoms. The summed E-state index contributed by atoms with van der Waals surface area (Å²) >= 11 is 1.69. The molecule has 0 radical (unpaired) electrons. The van der Waals surface area contributed by atoms with Crippen LogP contribution in [0.1, 0.15) is 17.0 Å². The van der Waals surface area contributed by atoms with E-state index in [0.29, 0.717) is 0 Å². The minimum atomic E-state index is -3.86. The van der Waals surface area contributed by atoms with Gasteiger partial charge in [-0.05, 0) is 24.3 Å². The Morgan fingerprint density at radius 3 is 2.86 bits per heavy atom. The van der Waals surface area contributed by atoms with Gasteiger partial charge in [0.25, 0.3) is 10.0 Å². The lowest BCUT2D eigenvalue weighted by Crippen LogP contribution is -2.42. The smallest absolute Gasteiger partial charge is 0.371 e. The average Bonchev–Trinajstić information content (AvgIpc) is 3.10. The van der Waals surface area contributed by atoms with Crippen molar-refractivity contribution in [3.05, 3.63) is 17.9 Å². The molecule has 1 saturated heterocycles. The van der Waals surface area contributed by atoms with E-state index < -0.39 is 16.0 Å². The second kappa shape index (κ2) is 6.82. The zero-order valence-electron chi connectivity index (χ0n) is 11.5. The van der Waals surface area contributed by atoms with Gasteiger partial charge in [-0.25, -0.2) is 13.2 Å². The van der Waals surface area contributed by atoms with Crippen molar-refractivity contribution < 1.29 is 27.5 Å². The number of hydrogen-bond donors (Lipinski definition) is 1. The Morgan fingerprint density at radius 1 is 1.57 bits per heavy atom. The molecule has 0 aromatic carbocycles. The van der Waals surface area contributed by atoms with Crippen molar-refractivity contribution in [1.82, 2.24) is 4.31 Å². The Bertz CT molecular complexity index is 591. The van der Waals surface area contributed by atoms with Crippen molar-refractivity contribution in [3.8, 4) is 0 Å². The largest absolute Gasteiger partial charge is 0.475 e. The number of sulfonamides is 1. The van der Waals surface area contributed by atoms with Crippen molar-refractivity contribution in [1.29, 1.82) is 0 Å². The van der Waals surface area contributed by atoms with E-state index in [2.05, 4.69) is 0 Å². The number of ether oxygens (including phenoxy) is 1. The molecule has 1 N–H and O–H groups in total. The number of carbonyl (C=O) groups is 1. The summed E-state index contributed by atoms with van der Waals surface area (Å²) in [6.07, 6.45) is 0.764. The first-order valence-electron chi connectivity index (χ1n) is 6.38. The van der Waals surface area contributed by atoms with Crippen molar-refractivity contribution >= 4 is 27.8 Å². The molecule has 1 unspecified atom stereocenters. The van der Waals surface area contributed by atoms with E-state index in [-0.39, 0.29) is 30.0 Å². The number of carboxylic acid groups (broad SMARTS) is 1. The lowest BCUT2D eigenvalue weighted by Gasteiger charge is -2.26. The molecule has 118 valence electrons. The summed E-state index contributed by atoms with van der Waals surface area (Å²) in [4.78, 5) is 10.8. The van der Waals surface area contributed by atoms with Gasteiger partial charge < -0.3 is 14.3 Å². The Morgan fingerprint density at radius 2 is 2.33 bits per heavy atom. The molecule has 1 fully saturated rings. The first-order valence-corrected chi connectivity index (χ1v) is 8.98. The van der Waals surface area contributed by atoms with E-state index in [1.165, 1.54) is 17.5 Å². The zero-order chi connectivity index (χ0) is 15.5. The number of aromatic carboxylic acids is 1. The minimum Gasteiger partial charge on any atom is -0.475 e. The van der Waals surface area contributed by atoms with Crippen molar-refractivity contribution in [3.63, 3.8) is 0 Å². The Kier molecular flexibility index (Phi) is 5.31. The normalized spacial score (nSPS) is 19.2. The maximum atomic E-state index is 12.6. The molecular formula is C12H17NO6S2. The third-order valence-electron chi connectivity index (χ3n) is 3.18. The van der Waals surface area contributed by atoms with E-state index in [1.54, 1.807) is 11.8 Å². The van der Waals surface area contributed by atoms with Gasteiger partial charge in [0, 0.05) is 25.4 Å². The van der Waals surface area contributed by atoms with Crippen molar-refractivity contribution in [2.75, 3.05) is 31.8 Å². The van der Waals surface area contributed by atoms with Crippen LogP contribution in [0, 0.1) is 0 Å². The second-order valence-electron chi connectivity index (χ2n) is 4.55. The van der Waals surface area contributed by atoms with Crippen LogP contribution in [0.15, 0.2) is 21.6 Å². The molecule has 1 aromatic rings. The van der Waals surface area contributed by atoms with E-state index in [1.807, 2.05) is 0 Å². The highest BCUT2D eigenvalue weighted by atomic mass is 32.2. The Balaban J connectivity index is 2.28. The van der Waals surface area contributed by atoms with Gasteiger partial charge >= 0.3 is 5.97 Å². The van der Waals surface area contributed by atoms with E-state index in [9.17, 15) is 13.2 Å². The van der Waals surface area contributed by atoms with Crippen molar-refractivity contribution in [2.45, 2.75) is 17.6 Å². The Hall–Kier alpha value is -1.03. The van der Waals surface area contributed by atoms with Crippen LogP contribution in [0.5, 0.6) is 0 Å². The van der Waals surface area contributed by atoms with Gasteiger partial charge in [-0.2, -0.15) is 16.1 Å². The number of nitrogens with zero attached hydrogens (tertiary/aromatic N) is 1. The van der Waals surface area contributed by atoms with Crippen LogP contribution < -0.4 is 0 Å². The van der Waals surface area contributed by atoms with Crippen LogP contribution >= 0.6 is 11.8 Å². The third kappa shape index (κ3) is 3.60. The number of furan rings is 1. The molecule has 9 heteroatoms. The van der Waals surface area contributed by atoms with Gasteiger partial charge in [-0.1, -0.05) is 0 Å². The van der Waals surface area contributed by atoms with E-state index >= 15 is 0 Å². The molecule has 0 saturated carbocycles. The van der Waals surface area contributed by atoms with Crippen LogP contribution in [0.4, 0.5) is 0 Å². The van der Waals surface area contributed by atoms with E-state index in [0.717, 1.165) is 24.0 Å². The molecule has 1 aliphatic heterocycles. The van der Waals surface area contributed by atoms with Crippen LogP contribution in [0.3, 0.4) is 0 Å². The van der Waals surface area contributed by atoms with Crippen LogP contribution in [-0.2, 0) is 14.8 Å². The molecule has 1 atom stereocenters. The predicted octanol–water partition coefficient (Wildman–Crippen LogP) is 1.12. The number of rotatable bonds is 7. The molecule has 2 heterocycles. The van der Waals surface area contributed by atoms with Gasteiger partial charge in [0.15, 0.2) is 0 Å². The highest BCUT2D eigenvalue weighted by Crippen LogP contribution is 2.28. The monoisotopic (exact) mass is 335 g/mol. The molecule has 7 nitrogen and oxygen atoms in total. The molecule has 0 spiro atoms. The number of methoxy groups -OCH3 is 1. The Labute approximate surface area is 127 Å². The zero-order valence-corrected chi connectivity index (χ0v) is 13.2. The van der Waals surface area contributed by atoms with Gasteiger partial charge in [0.1, 0.15) is 0 Å². The predicted molar refractivity (Wildman–Crippen MR) is 77.2 cm³/mol. The number of carboxylic acids is 1. The average molecular weight is 335 g/mol. The van der Waals surface area contributed by atoms with Crippen LogP contribution in [0.2, 0.25) is 0 Å². The van der Waals surface area contributed by atoms with Gasteiger partial charge in [-0.3, -0.25) is 0 Å². The summed E-state index contributed by atoms with van der Waals surface area (Å²) in [6.45, 7) is 0.486. The highest BCUT2D eigenvalue weighted by Gasteiger charge is 2.35. The fourth-order valence-electron chi connectivity index (χ4n) is 2.12. The highest BCUT2D eigenvalue weighted by molar-refractivity contribution is 7.99. The first kappa shape index (κ1) is 16.3. The standard InChI is InChI=1S/C12H17NO6S2/c1-18-6-5-13(9-4-7-20-8-9)21(16,17)11-3-2-10(19-11)12(14)15/h2-3,9H,4-8H2,1H3,(H,14,15). The summed E-state index contributed by atoms with van der Waals surface area (Å²) in [5, 5.41) is 8.49. The minimum absolute atomic E-state index is 0.117. The molecule has 0 bridgehead atoms. The molecular weight excluding hydrogens is 318 g/mol. The summed E-state index contributed by atoms with van der Waals surface area (Å²) in [7, 11) is -2.36. The third-order valence-corrected chi connectivity index (χ3v) is 6.15. The molecule has 0 aliphatic carbocycles. The summed E-state index contributed by atoms with van der Waals surface area (Å²) < 4.78 is 36.5. The number of hydrogen-bond acceptors (Lipinski definition) is 6. The maximum absolute atomic E-state index is 12.6. The van der Waals surface area contributed by atoms with Crippen LogP contribution in [-0.4, -0.2) is 61.6 Å². The van der Waals surface area contributed by atoms with Crippen molar-refractivity contribution in [2.24, 2.45) is 0 Å². The SMILES string of the molecule is COCCN(C1CCSC1)S(=O)(=O)c1ccc(C(=O)O)o1. The summed E-state index contributed by atoms with van der Waals surface area (Å²) in [5.74, 6) is -0.0603. The first-order chi connectivity index (χ1) is 9.96. The topological polar surface area (TPSA) is 97.0 Å². The fourth-order valence-corrected chi connectivity index (χ4v) is 4.99. The van der Waals surface area contributed by atoms with E-state index in [4.69, 9.17) is 14.3 Å². The lowest BCUT2D eigenvalue weighted by molar-refractivity contribution is 0.0656. The maximum Gasteiger partial charge on any atom is 0.371 e. The van der Waals surface area contributed by atoms with Crippen LogP contribution in [0.25, 0.3) is 0 Å². The quantitative estimate of drug-likeness (QED) is 0.797. The lowest BCUT2D eigenvalue weighted by atomic mass is 10.3. The molecule has 2 rings (SSSR count). The van der Waals surface area contributed by atoms with Gasteiger partial charge in [-0.15, -0.1) is 0 Å².